The van der Waals surface area contributed by atoms with Crippen molar-refractivity contribution in [2.24, 2.45) is 11.8 Å². The second kappa shape index (κ2) is 3.20. The molecule has 0 radical (unpaired) electrons. The Kier molecular flexibility index (Phi) is 1.81. The maximum atomic E-state index is 12.5. The van der Waals surface area contributed by atoms with Crippen LogP contribution in [0, 0.1) is 11.8 Å². The molecule has 3 heteroatoms. The van der Waals surface area contributed by atoms with Crippen LogP contribution in [0.2, 0.25) is 0 Å². The molecule has 2 fully saturated rings. The van der Waals surface area contributed by atoms with Crippen LogP contribution in [0.3, 0.4) is 0 Å². The molecule has 1 aromatic rings. The van der Waals surface area contributed by atoms with Gasteiger partial charge in [0.15, 0.2) is 11.6 Å². The number of fused-ring (bicyclic) bond motifs is 6. The van der Waals surface area contributed by atoms with Gasteiger partial charge < -0.3 is 4.74 Å². The molecule has 0 unspecified atom stereocenters. The minimum absolute atomic E-state index is 0.0279. The van der Waals surface area contributed by atoms with Crippen LogP contribution in [0.4, 0.5) is 0 Å². The van der Waals surface area contributed by atoms with Crippen molar-refractivity contribution in [2.75, 3.05) is 0 Å². The molecule has 1 aromatic carbocycles. The highest BCUT2D eigenvalue weighted by molar-refractivity contribution is 6.09. The van der Waals surface area contributed by atoms with Gasteiger partial charge in [0, 0.05) is 23.7 Å². The first-order chi connectivity index (χ1) is 9.99. The van der Waals surface area contributed by atoms with Crippen molar-refractivity contribution in [3.63, 3.8) is 0 Å². The number of hydrogen-bond donors (Lipinski definition) is 0. The van der Waals surface area contributed by atoms with Gasteiger partial charge in [0.25, 0.3) is 0 Å². The number of ketones is 2. The van der Waals surface area contributed by atoms with E-state index in [-0.39, 0.29) is 46.4 Å². The van der Waals surface area contributed by atoms with Crippen LogP contribution < -0.4 is 0 Å². The average molecular weight is 280 g/mol. The zero-order valence-electron chi connectivity index (χ0n) is 12.0. The number of carbonyl (C=O) groups is 2. The largest absolute Gasteiger partial charge is 0.362 e. The first-order valence-electron chi connectivity index (χ1n) is 7.54. The summed E-state index contributed by atoms with van der Waals surface area (Å²) < 4.78 is 6.18. The maximum Gasteiger partial charge on any atom is 0.160 e. The summed E-state index contributed by atoms with van der Waals surface area (Å²) in [7, 11) is 0. The molecule has 3 aliphatic carbocycles. The van der Waals surface area contributed by atoms with E-state index in [4.69, 9.17) is 4.74 Å². The third-order valence-corrected chi connectivity index (χ3v) is 6.09. The third-order valence-electron chi connectivity index (χ3n) is 6.09. The first kappa shape index (κ1) is 11.9. The molecule has 4 aliphatic rings. The van der Waals surface area contributed by atoms with Crippen LogP contribution in [0.25, 0.3) is 0 Å². The van der Waals surface area contributed by atoms with Crippen molar-refractivity contribution in [3.8, 4) is 0 Å². The van der Waals surface area contributed by atoms with Crippen LogP contribution in [-0.2, 0) is 14.3 Å². The Morgan fingerprint density at radius 2 is 1.33 bits per heavy atom. The fraction of sp³-hybridized carbons (Fsp3) is 0.444. The van der Waals surface area contributed by atoms with E-state index < -0.39 is 0 Å². The van der Waals surface area contributed by atoms with Crippen molar-refractivity contribution >= 4 is 11.6 Å². The summed E-state index contributed by atoms with van der Waals surface area (Å²) >= 11 is 0. The smallest absolute Gasteiger partial charge is 0.160 e. The number of ether oxygens (including phenoxy) is 1. The Labute approximate surface area is 123 Å². The molecule has 1 saturated heterocycles. The van der Waals surface area contributed by atoms with Gasteiger partial charge in [-0.25, -0.2) is 0 Å². The molecule has 1 aliphatic heterocycles. The van der Waals surface area contributed by atoms with Gasteiger partial charge >= 0.3 is 0 Å². The standard InChI is InChI=1S/C18H16O3/c1-17(2)18(21-17)15-9-5-3-4-6-10(9)16(18)14-12(20)8-7-11(19)13(14)15/h3-8,13-16H,1-2H3/t13-,14-,15+,16+/m1/s1. The highest BCUT2D eigenvalue weighted by Crippen LogP contribution is 2.77. The molecule has 0 amide bonds. The van der Waals surface area contributed by atoms with Gasteiger partial charge in [0.05, 0.1) is 5.60 Å². The average Bonchev–Trinajstić information content (AvgIpc) is 2.78. The zero-order chi connectivity index (χ0) is 14.6. The number of rotatable bonds is 0. The summed E-state index contributed by atoms with van der Waals surface area (Å²) in [5, 5.41) is 0. The predicted molar refractivity (Wildman–Crippen MR) is 76.0 cm³/mol. The van der Waals surface area contributed by atoms with Crippen LogP contribution in [0.1, 0.15) is 36.8 Å². The van der Waals surface area contributed by atoms with Crippen molar-refractivity contribution in [1.29, 1.82) is 0 Å². The lowest BCUT2D eigenvalue weighted by Crippen LogP contribution is -2.35. The van der Waals surface area contributed by atoms with Crippen LogP contribution >= 0.6 is 0 Å². The molecule has 2 bridgehead atoms. The molecular formula is C18H16O3. The van der Waals surface area contributed by atoms with E-state index >= 15 is 0 Å². The summed E-state index contributed by atoms with van der Waals surface area (Å²) in [5.41, 5.74) is 1.80. The molecule has 106 valence electrons. The fourth-order valence-electron chi connectivity index (χ4n) is 5.41. The molecule has 21 heavy (non-hydrogen) atoms. The van der Waals surface area contributed by atoms with Crippen molar-refractivity contribution in [3.05, 3.63) is 47.5 Å². The summed E-state index contributed by atoms with van der Waals surface area (Å²) in [4.78, 5) is 24.9. The Morgan fingerprint density at radius 1 is 0.905 bits per heavy atom. The van der Waals surface area contributed by atoms with Gasteiger partial charge in [-0.3, -0.25) is 9.59 Å². The minimum Gasteiger partial charge on any atom is -0.362 e. The summed E-state index contributed by atoms with van der Waals surface area (Å²) in [6, 6.07) is 8.24. The van der Waals surface area contributed by atoms with E-state index in [1.54, 1.807) is 0 Å². The Balaban J connectivity index is 1.80. The van der Waals surface area contributed by atoms with Gasteiger partial charge in [0.1, 0.15) is 5.60 Å². The number of benzene rings is 1. The van der Waals surface area contributed by atoms with Crippen molar-refractivity contribution in [1.82, 2.24) is 0 Å². The zero-order valence-corrected chi connectivity index (χ0v) is 12.0. The number of epoxide rings is 1. The molecule has 0 N–H and O–H groups in total. The quantitative estimate of drug-likeness (QED) is 0.685. The van der Waals surface area contributed by atoms with E-state index in [9.17, 15) is 9.59 Å². The van der Waals surface area contributed by atoms with Gasteiger partial charge in [-0.05, 0) is 37.1 Å². The van der Waals surface area contributed by atoms with Crippen molar-refractivity contribution in [2.45, 2.75) is 36.9 Å². The molecule has 1 spiro atoms. The SMILES string of the molecule is CC1(C)OC12[C@H]1c3ccccc3[C@H]2[C@@H]2C(=O)C=CC(=O)[C@H]21. The van der Waals surface area contributed by atoms with E-state index in [0.29, 0.717) is 0 Å². The summed E-state index contributed by atoms with van der Waals surface area (Å²) in [5.74, 6) is -0.229. The highest BCUT2D eigenvalue weighted by Gasteiger charge is 2.83. The Bertz CT molecular complexity index is 692. The fourth-order valence-corrected chi connectivity index (χ4v) is 5.41. The molecule has 1 saturated carbocycles. The second-order valence-electron chi connectivity index (χ2n) is 7.18. The van der Waals surface area contributed by atoms with Crippen LogP contribution in [-0.4, -0.2) is 22.8 Å². The minimum atomic E-state index is -0.358. The van der Waals surface area contributed by atoms with Gasteiger partial charge in [0.2, 0.25) is 0 Å². The lowest BCUT2D eigenvalue weighted by molar-refractivity contribution is -0.128. The van der Waals surface area contributed by atoms with E-state index in [1.807, 2.05) is 12.1 Å². The number of carbonyl (C=O) groups excluding carboxylic acids is 2. The molecule has 0 aromatic heterocycles. The molecule has 5 rings (SSSR count). The monoisotopic (exact) mass is 280 g/mol. The van der Waals surface area contributed by atoms with E-state index in [0.717, 1.165) is 0 Å². The van der Waals surface area contributed by atoms with Gasteiger partial charge in [-0.2, -0.15) is 0 Å². The molecular weight excluding hydrogens is 264 g/mol. The normalized spacial score (nSPS) is 44.1. The van der Waals surface area contributed by atoms with Gasteiger partial charge in [-0.15, -0.1) is 0 Å². The maximum absolute atomic E-state index is 12.5. The lowest BCUT2D eigenvalue weighted by atomic mass is 9.70. The lowest BCUT2D eigenvalue weighted by Gasteiger charge is -2.30. The topological polar surface area (TPSA) is 46.7 Å². The number of allylic oxidation sites excluding steroid dienone is 2. The summed E-state index contributed by atoms with van der Waals surface area (Å²) in [6.07, 6.45) is 2.94. The third kappa shape index (κ3) is 1.07. The first-order valence-corrected chi connectivity index (χ1v) is 7.54. The van der Waals surface area contributed by atoms with E-state index in [2.05, 4.69) is 26.0 Å². The van der Waals surface area contributed by atoms with Crippen molar-refractivity contribution < 1.29 is 14.3 Å². The summed E-state index contributed by atoms with van der Waals surface area (Å²) in [6.45, 7) is 4.16. The Morgan fingerprint density at radius 3 is 1.71 bits per heavy atom. The van der Waals surface area contributed by atoms with Crippen LogP contribution in [0.15, 0.2) is 36.4 Å². The number of hydrogen-bond acceptors (Lipinski definition) is 3. The van der Waals surface area contributed by atoms with E-state index in [1.165, 1.54) is 23.3 Å². The van der Waals surface area contributed by atoms with Gasteiger partial charge in [-0.1, -0.05) is 24.3 Å². The molecule has 3 nitrogen and oxygen atoms in total. The predicted octanol–water partition coefficient (Wildman–Crippen LogP) is 2.37. The Hall–Kier alpha value is -1.74. The molecule has 4 atom stereocenters. The van der Waals surface area contributed by atoms with Crippen LogP contribution in [0.5, 0.6) is 0 Å². The highest BCUT2D eigenvalue weighted by atomic mass is 16.6. The molecule has 1 heterocycles. The second-order valence-corrected chi connectivity index (χ2v) is 7.18.